The second-order valence-electron chi connectivity index (χ2n) is 4.97. The standard InChI is InChI=1S/C16H17N3O3/c17-16(20)12-10-18-5-4-13(12)19-9-11-2-3-14-15(8-11)22-7-1-6-21-14/h2-5,8,10H,1,6-7,9H2,(H2,17,20)(H,18,19). The zero-order valence-corrected chi connectivity index (χ0v) is 12.0. The van der Waals surface area contributed by atoms with Gasteiger partial charge < -0.3 is 20.5 Å². The molecule has 3 N–H and O–H groups in total. The van der Waals surface area contributed by atoms with Gasteiger partial charge in [0.1, 0.15) is 0 Å². The Balaban J connectivity index is 1.74. The third kappa shape index (κ3) is 3.11. The molecule has 1 aromatic carbocycles. The molecule has 1 amide bonds. The molecule has 0 atom stereocenters. The summed E-state index contributed by atoms with van der Waals surface area (Å²) in [6, 6.07) is 7.53. The molecule has 0 fully saturated rings. The van der Waals surface area contributed by atoms with Gasteiger partial charge in [0.05, 0.1) is 24.5 Å². The fourth-order valence-corrected chi connectivity index (χ4v) is 2.26. The van der Waals surface area contributed by atoms with Gasteiger partial charge in [-0.15, -0.1) is 0 Å². The first-order valence-corrected chi connectivity index (χ1v) is 7.10. The van der Waals surface area contributed by atoms with Crippen LogP contribution >= 0.6 is 0 Å². The van der Waals surface area contributed by atoms with E-state index in [0.29, 0.717) is 31.0 Å². The highest BCUT2D eigenvalue weighted by Crippen LogP contribution is 2.30. The van der Waals surface area contributed by atoms with E-state index in [9.17, 15) is 4.79 Å². The molecule has 2 aromatic rings. The molecule has 0 bridgehead atoms. The lowest BCUT2D eigenvalue weighted by Crippen LogP contribution is -2.14. The number of nitrogens with one attached hydrogen (secondary N) is 1. The molecular formula is C16H17N3O3. The molecule has 22 heavy (non-hydrogen) atoms. The van der Waals surface area contributed by atoms with Crippen LogP contribution in [0, 0.1) is 0 Å². The van der Waals surface area contributed by atoms with Gasteiger partial charge in [-0.25, -0.2) is 0 Å². The predicted octanol–water partition coefficient (Wildman–Crippen LogP) is 1.95. The summed E-state index contributed by atoms with van der Waals surface area (Å²) in [4.78, 5) is 15.3. The summed E-state index contributed by atoms with van der Waals surface area (Å²) in [6.07, 6.45) is 3.95. The zero-order valence-electron chi connectivity index (χ0n) is 12.0. The molecule has 6 nitrogen and oxygen atoms in total. The molecule has 0 aliphatic carbocycles. The molecule has 0 saturated heterocycles. The first-order valence-electron chi connectivity index (χ1n) is 7.10. The van der Waals surface area contributed by atoms with Crippen LogP contribution in [-0.4, -0.2) is 24.1 Å². The van der Waals surface area contributed by atoms with Gasteiger partial charge in [0, 0.05) is 25.4 Å². The summed E-state index contributed by atoms with van der Waals surface area (Å²) in [6.45, 7) is 1.87. The van der Waals surface area contributed by atoms with Crippen molar-refractivity contribution < 1.29 is 14.3 Å². The number of nitrogens with two attached hydrogens (primary N) is 1. The van der Waals surface area contributed by atoms with E-state index in [2.05, 4.69) is 10.3 Å². The van der Waals surface area contributed by atoms with Crippen LogP contribution in [0.15, 0.2) is 36.7 Å². The Hall–Kier alpha value is -2.76. The summed E-state index contributed by atoms with van der Waals surface area (Å²) < 4.78 is 11.3. The molecule has 6 heteroatoms. The highest BCUT2D eigenvalue weighted by molar-refractivity contribution is 5.98. The first kappa shape index (κ1) is 14.2. The normalized spacial score (nSPS) is 13.3. The van der Waals surface area contributed by atoms with Crippen LogP contribution in [0.3, 0.4) is 0 Å². The fourth-order valence-electron chi connectivity index (χ4n) is 2.26. The SMILES string of the molecule is NC(=O)c1cnccc1NCc1ccc2c(c1)OCCCO2. The number of benzene rings is 1. The number of fused-ring (bicyclic) bond motifs is 1. The van der Waals surface area contributed by atoms with Crippen molar-refractivity contribution in [3.8, 4) is 11.5 Å². The maximum absolute atomic E-state index is 11.4. The fraction of sp³-hybridized carbons (Fsp3) is 0.250. The van der Waals surface area contributed by atoms with Crippen molar-refractivity contribution in [3.05, 3.63) is 47.8 Å². The molecule has 2 heterocycles. The van der Waals surface area contributed by atoms with Gasteiger partial charge in [0.2, 0.25) is 0 Å². The number of ether oxygens (including phenoxy) is 2. The van der Waals surface area contributed by atoms with Crippen LogP contribution < -0.4 is 20.5 Å². The molecule has 0 saturated carbocycles. The predicted molar refractivity (Wildman–Crippen MR) is 82.1 cm³/mol. The Kier molecular flexibility index (Phi) is 4.09. The average Bonchev–Trinajstić information content (AvgIpc) is 2.77. The summed E-state index contributed by atoms with van der Waals surface area (Å²) >= 11 is 0. The van der Waals surface area contributed by atoms with Gasteiger partial charge in [-0.1, -0.05) is 6.07 Å². The van der Waals surface area contributed by atoms with E-state index < -0.39 is 5.91 Å². The maximum Gasteiger partial charge on any atom is 0.252 e. The van der Waals surface area contributed by atoms with E-state index in [-0.39, 0.29) is 0 Å². The number of pyridine rings is 1. The third-order valence-electron chi connectivity index (χ3n) is 3.38. The number of hydrogen-bond donors (Lipinski definition) is 2. The average molecular weight is 299 g/mol. The lowest BCUT2D eigenvalue weighted by atomic mass is 10.1. The summed E-state index contributed by atoms with van der Waals surface area (Å²) in [5.74, 6) is 1.01. The van der Waals surface area contributed by atoms with Crippen LogP contribution in [0.25, 0.3) is 0 Å². The smallest absolute Gasteiger partial charge is 0.252 e. The van der Waals surface area contributed by atoms with Gasteiger partial charge >= 0.3 is 0 Å². The Morgan fingerprint density at radius 3 is 2.86 bits per heavy atom. The van der Waals surface area contributed by atoms with E-state index in [0.717, 1.165) is 23.5 Å². The minimum Gasteiger partial charge on any atom is -0.490 e. The second-order valence-corrected chi connectivity index (χ2v) is 4.97. The molecule has 3 rings (SSSR count). The van der Waals surface area contributed by atoms with Crippen molar-refractivity contribution in [1.82, 2.24) is 4.98 Å². The van der Waals surface area contributed by atoms with Crippen molar-refractivity contribution in [1.29, 1.82) is 0 Å². The summed E-state index contributed by atoms with van der Waals surface area (Å²) in [7, 11) is 0. The Morgan fingerprint density at radius 1 is 1.23 bits per heavy atom. The number of anilines is 1. The highest BCUT2D eigenvalue weighted by atomic mass is 16.5. The van der Waals surface area contributed by atoms with Crippen molar-refractivity contribution in [2.45, 2.75) is 13.0 Å². The molecule has 1 aromatic heterocycles. The number of rotatable bonds is 4. The summed E-state index contributed by atoms with van der Waals surface area (Å²) in [5.41, 5.74) is 7.39. The van der Waals surface area contributed by atoms with Gasteiger partial charge in [0.25, 0.3) is 5.91 Å². The lowest BCUT2D eigenvalue weighted by molar-refractivity contribution is 0.100. The van der Waals surface area contributed by atoms with E-state index in [4.69, 9.17) is 15.2 Å². The second kappa shape index (κ2) is 6.34. The molecule has 114 valence electrons. The Bertz CT molecular complexity index is 688. The Labute approximate surface area is 128 Å². The van der Waals surface area contributed by atoms with Gasteiger partial charge in [-0.2, -0.15) is 0 Å². The number of hydrogen-bond acceptors (Lipinski definition) is 5. The van der Waals surface area contributed by atoms with Crippen molar-refractivity contribution in [3.63, 3.8) is 0 Å². The van der Waals surface area contributed by atoms with Crippen LogP contribution in [0.4, 0.5) is 5.69 Å². The van der Waals surface area contributed by atoms with Crippen LogP contribution in [0.1, 0.15) is 22.3 Å². The highest BCUT2D eigenvalue weighted by Gasteiger charge is 2.11. The third-order valence-corrected chi connectivity index (χ3v) is 3.38. The van der Waals surface area contributed by atoms with Crippen LogP contribution in [0.5, 0.6) is 11.5 Å². The first-order chi connectivity index (χ1) is 10.7. The van der Waals surface area contributed by atoms with E-state index in [1.807, 2.05) is 18.2 Å². The van der Waals surface area contributed by atoms with E-state index >= 15 is 0 Å². The van der Waals surface area contributed by atoms with Gasteiger partial charge in [-0.3, -0.25) is 9.78 Å². The number of carbonyl (C=O) groups is 1. The molecule has 0 unspecified atom stereocenters. The van der Waals surface area contributed by atoms with Crippen molar-refractivity contribution in [2.75, 3.05) is 18.5 Å². The number of primary amides is 1. The van der Waals surface area contributed by atoms with Crippen LogP contribution in [0.2, 0.25) is 0 Å². The molecule has 1 aliphatic rings. The van der Waals surface area contributed by atoms with Gasteiger partial charge in [0.15, 0.2) is 11.5 Å². The number of aromatic nitrogens is 1. The lowest BCUT2D eigenvalue weighted by Gasteiger charge is -2.12. The van der Waals surface area contributed by atoms with E-state index in [1.54, 1.807) is 12.3 Å². The minimum absolute atomic E-state index is 0.372. The van der Waals surface area contributed by atoms with E-state index in [1.165, 1.54) is 6.20 Å². The Morgan fingerprint density at radius 2 is 2.05 bits per heavy atom. The number of nitrogens with zero attached hydrogens (tertiary/aromatic N) is 1. The van der Waals surface area contributed by atoms with Crippen molar-refractivity contribution >= 4 is 11.6 Å². The quantitative estimate of drug-likeness (QED) is 0.901. The molecule has 0 radical (unpaired) electrons. The number of carbonyl (C=O) groups excluding carboxylic acids is 1. The monoisotopic (exact) mass is 299 g/mol. The zero-order chi connectivity index (χ0) is 15.4. The van der Waals surface area contributed by atoms with Crippen LogP contribution in [-0.2, 0) is 6.54 Å². The van der Waals surface area contributed by atoms with Gasteiger partial charge in [-0.05, 0) is 23.8 Å². The molecule has 0 spiro atoms. The largest absolute Gasteiger partial charge is 0.490 e. The topological polar surface area (TPSA) is 86.5 Å². The maximum atomic E-state index is 11.4. The van der Waals surface area contributed by atoms with Crippen molar-refractivity contribution in [2.24, 2.45) is 5.73 Å². The number of amides is 1. The minimum atomic E-state index is -0.505. The summed E-state index contributed by atoms with van der Waals surface area (Å²) in [5, 5.41) is 3.20. The molecular weight excluding hydrogens is 282 g/mol. The molecule has 1 aliphatic heterocycles.